The average Bonchev–Trinajstić information content (AvgIpc) is 2.46. The highest BCUT2D eigenvalue weighted by atomic mass is 35.5. The van der Waals surface area contributed by atoms with Crippen LogP contribution in [0.25, 0.3) is 0 Å². The lowest BCUT2D eigenvalue weighted by atomic mass is 10.1. The lowest BCUT2D eigenvalue weighted by Crippen LogP contribution is -2.23. The molecule has 0 fully saturated rings. The van der Waals surface area contributed by atoms with Crippen molar-refractivity contribution >= 4 is 23.4 Å². The largest absolute Gasteiger partial charge is 0.478 e. The fourth-order valence-corrected chi connectivity index (χ4v) is 2.26. The van der Waals surface area contributed by atoms with E-state index < -0.39 is 5.97 Å². The monoisotopic (exact) mass is 290 g/mol. The molecule has 1 aromatic heterocycles. The van der Waals surface area contributed by atoms with Crippen LogP contribution in [-0.4, -0.2) is 23.1 Å². The maximum absolute atomic E-state index is 11.0. The summed E-state index contributed by atoms with van der Waals surface area (Å²) in [6.45, 7) is 2.00. The maximum Gasteiger partial charge on any atom is 0.335 e. The van der Waals surface area contributed by atoms with Crippen LogP contribution in [0.1, 0.15) is 28.9 Å². The molecule has 2 aromatic rings. The molecule has 104 valence electrons. The second kappa shape index (κ2) is 5.92. The van der Waals surface area contributed by atoms with E-state index in [0.29, 0.717) is 10.8 Å². The third-order valence-corrected chi connectivity index (χ3v) is 3.63. The number of aromatic nitrogens is 1. The number of carboxylic acid groups (broad SMARTS) is 1. The summed E-state index contributed by atoms with van der Waals surface area (Å²) >= 11 is 6.19. The minimum Gasteiger partial charge on any atom is -0.478 e. The Morgan fingerprint density at radius 2 is 2.05 bits per heavy atom. The van der Waals surface area contributed by atoms with Gasteiger partial charge in [0, 0.05) is 18.3 Å². The van der Waals surface area contributed by atoms with Gasteiger partial charge in [-0.05, 0) is 30.7 Å². The zero-order valence-electron chi connectivity index (χ0n) is 11.2. The number of halogens is 1. The lowest BCUT2D eigenvalue weighted by Gasteiger charge is -2.27. The van der Waals surface area contributed by atoms with Gasteiger partial charge in [-0.1, -0.05) is 29.8 Å². The molecule has 0 spiro atoms. The van der Waals surface area contributed by atoms with E-state index >= 15 is 0 Å². The second-order valence-corrected chi connectivity index (χ2v) is 4.92. The Bertz CT molecular complexity index is 631. The van der Waals surface area contributed by atoms with Gasteiger partial charge in [0.05, 0.1) is 11.6 Å². The van der Waals surface area contributed by atoms with Crippen LogP contribution in [0.4, 0.5) is 5.82 Å². The number of rotatable bonds is 4. The summed E-state index contributed by atoms with van der Waals surface area (Å²) in [6.07, 6.45) is 1.49. The molecule has 0 radical (unpaired) electrons. The maximum atomic E-state index is 11.0. The minimum absolute atomic E-state index is 0.0137. The van der Waals surface area contributed by atoms with Crippen molar-refractivity contribution < 1.29 is 9.90 Å². The molecule has 0 bridgehead atoms. The van der Waals surface area contributed by atoms with Crippen LogP contribution < -0.4 is 4.90 Å². The third-order valence-electron chi connectivity index (χ3n) is 3.29. The Balaban J connectivity index is 2.31. The Morgan fingerprint density at radius 3 is 2.70 bits per heavy atom. The Kier molecular flexibility index (Phi) is 4.25. The summed E-state index contributed by atoms with van der Waals surface area (Å²) < 4.78 is 0. The van der Waals surface area contributed by atoms with Gasteiger partial charge in [0.1, 0.15) is 5.82 Å². The number of hydrogen-bond acceptors (Lipinski definition) is 3. The zero-order valence-corrected chi connectivity index (χ0v) is 12.0. The van der Waals surface area contributed by atoms with Crippen molar-refractivity contribution in [3.63, 3.8) is 0 Å². The first-order valence-electron chi connectivity index (χ1n) is 6.17. The van der Waals surface area contributed by atoms with E-state index in [-0.39, 0.29) is 11.6 Å². The molecule has 1 heterocycles. The Labute approximate surface area is 122 Å². The molecule has 0 saturated heterocycles. The number of anilines is 1. The predicted molar refractivity (Wildman–Crippen MR) is 79.5 cm³/mol. The van der Waals surface area contributed by atoms with Crippen LogP contribution in [0.15, 0.2) is 42.6 Å². The van der Waals surface area contributed by atoms with Crippen molar-refractivity contribution in [2.24, 2.45) is 0 Å². The van der Waals surface area contributed by atoms with Crippen LogP contribution in [0.5, 0.6) is 0 Å². The van der Waals surface area contributed by atoms with Gasteiger partial charge in [0.15, 0.2) is 0 Å². The number of aromatic carboxylic acids is 1. The van der Waals surface area contributed by atoms with E-state index in [0.717, 1.165) is 5.56 Å². The molecular formula is C15H15ClN2O2. The normalized spacial score (nSPS) is 11.9. The number of nitrogens with zero attached hydrogens (tertiary/aromatic N) is 2. The molecule has 20 heavy (non-hydrogen) atoms. The van der Waals surface area contributed by atoms with Gasteiger partial charge >= 0.3 is 5.97 Å². The summed E-state index contributed by atoms with van der Waals surface area (Å²) in [5, 5.41) is 9.71. The minimum atomic E-state index is -0.965. The van der Waals surface area contributed by atoms with Gasteiger partial charge in [-0.15, -0.1) is 0 Å². The molecular weight excluding hydrogens is 276 g/mol. The Morgan fingerprint density at radius 1 is 1.35 bits per heavy atom. The Hall–Kier alpha value is -2.07. The van der Waals surface area contributed by atoms with Gasteiger partial charge in [0.2, 0.25) is 0 Å². The standard InChI is InChI=1S/C15H15ClN2O2/c1-10(12-5-3-4-6-13(12)16)18(2)14-9-11(15(19)20)7-8-17-14/h3-10H,1-2H3,(H,19,20). The predicted octanol–water partition coefficient (Wildman–Crippen LogP) is 3.63. The summed E-state index contributed by atoms with van der Waals surface area (Å²) in [7, 11) is 1.86. The summed E-state index contributed by atoms with van der Waals surface area (Å²) in [6, 6.07) is 10.6. The first-order chi connectivity index (χ1) is 9.50. The molecule has 0 amide bonds. The van der Waals surface area contributed by atoms with Crippen molar-refractivity contribution in [1.29, 1.82) is 0 Å². The molecule has 0 aliphatic carbocycles. The third kappa shape index (κ3) is 2.91. The van der Waals surface area contributed by atoms with Crippen molar-refractivity contribution in [2.75, 3.05) is 11.9 Å². The van der Waals surface area contributed by atoms with Crippen LogP contribution in [0.2, 0.25) is 5.02 Å². The topological polar surface area (TPSA) is 53.4 Å². The molecule has 1 N–H and O–H groups in total. The van der Waals surface area contributed by atoms with E-state index in [1.165, 1.54) is 12.3 Å². The van der Waals surface area contributed by atoms with Gasteiger partial charge in [-0.3, -0.25) is 0 Å². The fraction of sp³-hybridized carbons (Fsp3) is 0.200. The highest BCUT2D eigenvalue weighted by Gasteiger charge is 2.16. The van der Waals surface area contributed by atoms with E-state index in [2.05, 4.69) is 4.98 Å². The van der Waals surface area contributed by atoms with Crippen molar-refractivity contribution in [3.8, 4) is 0 Å². The smallest absolute Gasteiger partial charge is 0.335 e. The zero-order chi connectivity index (χ0) is 14.7. The van der Waals surface area contributed by atoms with Gasteiger partial charge in [-0.25, -0.2) is 9.78 Å². The van der Waals surface area contributed by atoms with Gasteiger partial charge in [-0.2, -0.15) is 0 Å². The van der Waals surface area contributed by atoms with Gasteiger partial charge < -0.3 is 10.0 Å². The number of benzene rings is 1. The SMILES string of the molecule is CC(c1ccccc1Cl)N(C)c1cc(C(=O)O)ccn1. The van der Waals surface area contributed by atoms with Crippen LogP contribution in [0.3, 0.4) is 0 Å². The highest BCUT2D eigenvalue weighted by molar-refractivity contribution is 6.31. The quantitative estimate of drug-likeness (QED) is 0.934. The summed E-state index contributed by atoms with van der Waals surface area (Å²) in [4.78, 5) is 17.1. The molecule has 1 unspecified atom stereocenters. The first-order valence-corrected chi connectivity index (χ1v) is 6.55. The number of carbonyl (C=O) groups is 1. The van der Waals surface area contributed by atoms with Crippen LogP contribution in [-0.2, 0) is 0 Å². The van der Waals surface area contributed by atoms with E-state index in [1.807, 2.05) is 43.1 Å². The molecule has 1 aromatic carbocycles. The first kappa shape index (κ1) is 14.3. The van der Waals surface area contributed by atoms with Crippen molar-refractivity contribution in [2.45, 2.75) is 13.0 Å². The molecule has 4 nitrogen and oxygen atoms in total. The number of hydrogen-bond donors (Lipinski definition) is 1. The molecule has 0 aliphatic rings. The number of carboxylic acids is 1. The molecule has 2 rings (SSSR count). The van der Waals surface area contributed by atoms with Crippen LogP contribution >= 0.6 is 11.6 Å². The fourth-order valence-electron chi connectivity index (χ4n) is 1.97. The summed E-state index contributed by atoms with van der Waals surface area (Å²) in [5.74, 6) is -0.371. The van der Waals surface area contributed by atoms with E-state index in [4.69, 9.17) is 16.7 Å². The summed E-state index contributed by atoms with van der Waals surface area (Å²) in [5.41, 5.74) is 1.19. The molecule has 5 heteroatoms. The molecule has 0 saturated carbocycles. The van der Waals surface area contributed by atoms with Crippen molar-refractivity contribution in [1.82, 2.24) is 4.98 Å². The van der Waals surface area contributed by atoms with Crippen molar-refractivity contribution in [3.05, 3.63) is 58.7 Å². The molecule has 0 aliphatic heterocycles. The van der Waals surface area contributed by atoms with E-state index in [1.54, 1.807) is 6.07 Å². The van der Waals surface area contributed by atoms with Gasteiger partial charge in [0.25, 0.3) is 0 Å². The lowest BCUT2D eigenvalue weighted by molar-refractivity contribution is 0.0697. The number of pyridine rings is 1. The average molecular weight is 291 g/mol. The van der Waals surface area contributed by atoms with Crippen LogP contribution in [0, 0.1) is 0 Å². The highest BCUT2D eigenvalue weighted by Crippen LogP contribution is 2.29. The second-order valence-electron chi connectivity index (χ2n) is 4.52. The molecule has 1 atom stereocenters. The van der Waals surface area contributed by atoms with E-state index in [9.17, 15) is 4.79 Å².